The number of rotatable bonds is 3. The van der Waals surface area contributed by atoms with Gasteiger partial charge in [-0.15, -0.1) is 0 Å². The first-order chi connectivity index (χ1) is 17.5. The highest BCUT2D eigenvalue weighted by atomic mass is 35.5. The van der Waals surface area contributed by atoms with E-state index in [1.54, 1.807) is 0 Å². The van der Waals surface area contributed by atoms with Gasteiger partial charge in [-0.3, -0.25) is 0 Å². The van der Waals surface area contributed by atoms with E-state index in [-0.39, 0.29) is 27.2 Å². The first-order valence-corrected chi connectivity index (χ1v) is 15.0. The van der Waals surface area contributed by atoms with Crippen LogP contribution in [0.4, 0.5) is 11.4 Å². The minimum atomic E-state index is -0.263. The van der Waals surface area contributed by atoms with Crippen molar-refractivity contribution in [3.8, 4) is 0 Å². The van der Waals surface area contributed by atoms with Gasteiger partial charge in [0.05, 0.1) is 5.54 Å². The number of anilines is 2. The molecule has 1 unspecified atom stereocenters. The Labute approximate surface area is 237 Å². The van der Waals surface area contributed by atoms with Crippen molar-refractivity contribution in [3.05, 3.63) is 81.4 Å². The summed E-state index contributed by atoms with van der Waals surface area (Å²) in [4.78, 5) is 2.59. The highest BCUT2D eigenvalue weighted by molar-refractivity contribution is 6.31. The summed E-state index contributed by atoms with van der Waals surface area (Å²) in [5.41, 5.74) is 10.3. The zero-order valence-electron chi connectivity index (χ0n) is 25.5. The third kappa shape index (κ3) is 4.57. The Morgan fingerprint density at radius 1 is 0.605 bits per heavy atom. The van der Waals surface area contributed by atoms with Crippen molar-refractivity contribution in [3.63, 3.8) is 0 Å². The molecule has 3 aliphatic carbocycles. The monoisotopic (exact) mass is 529 g/mol. The summed E-state index contributed by atoms with van der Waals surface area (Å²) in [5, 5.41) is 0.833. The van der Waals surface area contributed by atoms with E-state index in [4.69, 9.17) is 11.6 Å². The van der Waals surface area contributed by atoms with E-state index in [2.05, 4.69) is 123 Å². The first-order valence-electron chi connectivity index (χ1n) is 14.6. The molecule has 0 fully saturated rings. The van der Waals surface area contributed by atoms with E-state index in [0.717, 1.165) is 11.5 Å². The number of hydrogen-bond donors (Lipinski definition) is 0. The van der Waals surface area contributed by atoms with Crippen LogP contribution in [0.25, 0.3) is 0 Å². The Bertz CT molecular complexity index is 1260. The summed E-state index contributed by atoms with van der Waals surface area (Å²) in [6.07, 6.45) is 10.2. The standard InChI is InChI=1S/C36H48ClN/c1-24-19-25(37)23-36(10,22-24)38(26-11-13-28-30(20-26)34(6,7)17-15-32(28,2)3)27-12-14-29-31(21-27)35(8,9)18-16-33(29,4)5/h11-14,19-21,23H,15-18,22H2,1-10H3. The fourth-order valence-electron chi connectivity index (χ4n) is 7.55. The summed E-state index contributed by atoms with van der Waals surface area (Å²) in [6.45, 7) is 23.9. The van der Waals surface area contributed by atoms with Crippen LogP contribution in [-0.4, -0.2) is 5.54 Å². The maximum atomic E-state index is 6.77. The van der Waals surface area contributed by atoms with E-state index < -0.39 is 0 Å². The number of halogens is 1. The second kappa shape index (κ2) is 8.76. The van der Waals surface area contributed by atoms with Gasteiger partial charge in [-0.25, -0.2) is 0 Å². The molecule has 0 saturated carbocycles. The Hall–Kier alpha value is -1.99. The van der Waals surface area contributed by atoms with Gasteiger partial charge in [0.15, 0.2) is 0 Å². The van der Waals surface area contributed by atoms with E-state index in [9.17, 15) is 0 Å². The van der Waals surface area contributed by atoms with Gasteiger partial charge in [0.25, 0.3) is 0 Å². The Kier molecular flexibility index (Phi) is 6.35. The molecule has 0 radical (unpaired) electrons. The van der Waals surface area contributed by atoms with Crippen LogP contribution in [0, 0.1) is 0 Å². The molecule has 0 bridgehead atoms. The van der Waals surface area contributed by atoms with Crippen molar-refractivity contribution >= 4 is 23.0 Å². The molecule has 204 valence electrons. The molecular weight excluding hydrogens is 482 g/mol. The van der Waals surface area contributed by atoms with E-state index >= 15 is 0 Å². The Morgan fingerprint density at radius 2 is 1.00 bits per heavy atom. The molecule has 0 aromatic heterocycles. The maximum Gasteiger partial charge on any atom is 0.0659 e. The van der Waals surface area contributed by atoms with Crippen molar-refractivity contribution in [2.75, 3.05) is 4.90 Å². The van der Waals surface area contributed by atoms with Crippen LogP contribution in [0.2, 0.25) is 0 Å². The van der Waals surface area contributed by atoms with Crippen molar-refractivity contribution in [1.29, 1.82) is 0 Å². The lowest BCUT2D eigenvalue weighted by molar-refractivity contribution is 0.331. The third-order valence-corrected chi connectivity index (χ3v) is 10.4. The molecular formula is C36H48ClN. The van der Waals surface area contributed by atoms with E-state index in [1.165, 1.54) is 64.9 Å². The molecule has 5 rings (SSSR count). The molecule has 1 atom stereocenters. The summed E-state index contributed by atoms with van der Waals surface area (Å²) in [6, 6.07) is 14.6. The van der Waals surface area contributed by atoms with Crippen LogP contribution in [0.5, 0.6) is 0 Å². The molecule has 0 spiro atoms. The number of hydrogen-bond acceptors (Lipinski definition) is 1. The van der Waals surface area contributed by atoms with Crippen molar-refractivity contribution in [2.45, 2.75) is 129 Å². The first kappa shape index (κ1) is 27.6. The molecule has 2 aromatic rings. The van der Waals surface area contributed by atoms with Gasteiger partial charge in [0, 0.05) is 16.4 Å². The van der Waals surface area contributed by atoms with Gasteiger partial charge < -0.3 is 4.90 Å². The quantitative estimate of drug-likeness (QED) is 0.382. The van der Waals surface area contributed by atoms with Gasteiger partial charge in [-0.2, -0.15) is 0 Å². The second-order valence-electron chi connectivity index (χ2n) is 15.4. The largest absolute Gasteiger partial charge is 0.332 e. The molecule has 0 N–H and O–H groups in total. The number of nitrogens with zero attached hydrogens (tertiary/aromatic N) is 1. The van der Waals surface area contributed by atoms with E-state index in [0.29, 0.717) is 0 Å². The third-order valence-electron chi connectivity index (χ3n) is 10.2. The summed E-state index contributed by atoms with van der Waals surface area (Å²) < 4.78 is 0. The summed E-state index contributed by atoms with van der Waals surface area (Å²) >= 11 is 6.77. The Morgan fingerprint density at radius 3 is 1.39 bits per heavy atom. The molecule has 0 amide bonds. The second-order valence-corrected chi connectivity index (χ2v) is 15.8. The van der Waals surface area contributed by atoms with Crippen LogP contribution >= 0.6 is 11.6 Å². The predicted molar refractivity (Wildman–Crippen MR) is 166 cm³/mol. The minimum Gasteiger partial charge on any atom is -0.332 e. The fourth-order valence-corrected chi connectivity index (χ4v) is 7.98. The van der Waals surface area contributed by atoms with Crippen LogP contribution in [-0.2, 0) is 21.7 Å². The average molecular weight is 530 g/mol. The number of benzene rings is 2. The molecule has 0 aliphatic heterocycles. The van der Waals surface area contributed by atoms with Gasteiger partial charge in [0.1, 0.15) is 0 Å². The van der Waals surface area contributed by atoms with Crippen molar-refractivity contribution < 1.29 is 0 Å². The predicted octanol–water partition coefficient (Wildman–Crippen LogP) is 10.8. The van der Waals surface area contributed by atoms with Crippen LogP contribution < -0.4 is 4.90 Å². The molecule has 2 heteroatoms. The fraction of sp³-hybridized carbons (Fsp3) is 0.556. The van der Waals surface area contributed by atoms with Crippen LogP contribution in [0.1, 0.15) is 124 Å². The lowest BCUT2D eigenvalue weighted by Gasteiger charge is -2.47. The molecule has 0 saturated heterocycles. The minimum absolute atomic E-state index is 0.158. The van der Waals surface area contributed by atoms with Gasteiger partial charge >= 0.3 is 0 Å². The maximum absolute atomic E-state index is 6.77. The lowest BCUT2D eigenvalue weighted by Crippen LogP contribution is -2.44. The van der Waals surface area contributed by atoms with Crippen LogP contribution in [0.15, 0.2) is 59.2 Å². The Balaban J connectivity index is 1.74. The van der Waals surface area contributed by atoms with Crippen molar-refractivity contribution in [1.82, 2.24) is 0 Å². The zero-order chi connectivity index (χ0) is 27.9. The topological polar surface area (TPSA) is 3.24 Å². The van der Waals surface area contributed by atoms with Crippen molar-refractivity contribution in [2.24, 2.45) is 0 Å². The van der Waals surface area contributed by atoms with E-state index in [1.807, 2.05) is 0 Å². The van der Waals surface area contributed by atoms with Crippen LogP contribution in [0.3, 0.4) is 0 Å². The average Bonchev–Trinajstić information content (AvgIpc) is 2.79. The number of allylic oxidation sites excluding steroid dienone is 2. The molecule has 2 aromatic carbocycles. The number of fused-ring (bicyclic) bond motifs is 2. The van der Waals surface area contributed by atoms with Gasteiger partial charge in [0.2, 0.25) is 0 Å². The highest BCUT2D eigenvalue weighted by Crippen LogP contribution is 2.51. The molecule has 0 heterocycles. The smallest absolute Gasteiger partial charge is 0.0659 e. The van der Waals surface area contributed by atoms with Gasteiger partial charge in [-0.1, -0.05) is 84.7 Å². The zero-order valence-corrected chi connectivity index (χ0v) is 26.2. The molecule has 3 aliphatic rings. The molecule has 38 heavy (non-hydrogen) atoms. The molecule has 1 nitrogen and oxygen atoms in total. The normalized spacial score (nSPS) is 26.5. The summed E-state index contributed by atoms with van der Waals surface area (Å²) in [7, 11) is 0. The summed E-state index contributed by atoms with van der Waals surface area (Å²) in [5.74, 6) is 0. The lowest BCUT2D eigenvalue weighted by atomic mass is 9.63. The SMILES string of the molecule is CC1=CC(Cl)=CC(C)(N(c2ccc3c(c2)C(C)(C)CCC3(C)C)c2ccc3c(c2)C(C)(C)CCC3(C)C)C1. The van der Waals surface area contributed by atoms with Gasteiger partial charge in [-0.05, 0) is 126 Å². The highest BCUT2D eigenvalue weighted by Gasteiger charge is 2.41.